The monoisotopic (exact) mass is 601 g/mol. The summed E-state index contributed by atoms with van der Waals surface area (Å²) in [6.07, 6.45) is 0. The van der Waals surface area contributed by atoms with Gasteiger partial charge in [-0.25, -0.2) is 15.0 Å². The van der Waals surface area contributed by atoms with Gasteiger partial charge in [0.2, 0.25) is 0 Å². The van der Waals surface area contributed by atoms with E-state index in [-0.39, 0.29) is 0 Å². The second-order valence-corrected chi connectivity index (χ2v) is 11.6. The molecule has 0 aliphatic carbocycles. The van der Waals surface area contributed by atoms with E-state index in [2.05, 4.69) is 84.9 Å². The van der Waals surface area contributed by atoms with Crippen LogP contribution in [0.15, 0.2) is 168 Å². The maximum atomic E-state index is 6.38. The minimum absolute atomic E-state index is 0.600. The number of para-hydroxylation sites is 1. The van der Waals surface area contributed by atoms with Crippen molar-refractivity contribution in [1.29, 1.82) is 0 Å². The van der Waals surface area contributed by atoms with E-state index < -0.39 is 0 Å². The third-order valence-electron chi connectivity index (χ3n) is 8.76. The van der Waals surface area contributed by atoms with Crippen LogP contribution >= 0.6 is 0 Å². The van der Waals surface area contributed by atoms with Crippen molar-refractivity contribution in [1.82, 2.24) is 15.0 Å². The molecule has 0 aliphatic heterocycles. The highest BCUT2D eigenvalue weighted by Gasteiger charge is 2.22. The number of nitrogens with zero attached hydrogens (tertiary/aromatic N) is 3. The summed E-state index contributed by atoms with van der Waals surface area (Å²) in [5, 5.41) is 4.48. The van der Waals surface area contributed by atoms with Gasteiger partial charge in [0.1, 0.15) is 11.2 Å². The summed E-state index contributed by atoms with van der Waals surface area (Å²) >= 11 is 0. The van der Waals surface area contributed by atoms with Crippen LogP contribution in [0.2, 0.25) is 0 Å². The molecule has 220 valence electrons. The molecule has 0 N–H and O–H groups in total. The van der Waals surface area contributed by atoms with Crippen molar-refractivity contribution in [2.24, 2.45) is 0 Å². The Morgan fingerprint density at radius 3 is 1.60 bits per heavy atom. The highest BCUT2D eigenvalue weighted by molar-refractivity contribution is 6.15. The zero-order chi connectivity index (χ0) is 31.2. The number of hydrogen-bond acceptors (Lipinski definition) is 4. The third-order valence-corrected chi connectivity index (χ3v) is 8.76. The molecular weight excluding hydrogens is 574 g/mol. The smallest absolute Gasteiger partial charge is 0.165 e. The van der Waals surface area contributed by atoms with Crippen molar-refractivity contribution in [3.8, 4) is 56.4 Å². The predicted octanol–water partition coefficient (Wildman–Crippen LogP) is 11.3. The van der Waals surface area contributed by atoms with Crippen LogP contribution < -0.4 is 0 Å². The highest BCUT2D eigenvalue weighted by Crippen LogP contribution is 2.43. The third kappa shape index (κ3) is 4.75. The van der Waals surface area contributed by atoms with Gasteiger partial charge in [0, 0.05) is 27.5 Å². The first-order chi connectivity index (χ1) is 23.3. The molecule has 0 radical (unpaired) electrons. The van der Waals surface area contributed by atoms with E-state index in [1.807, 2.05) is 78.9 Å². The first-order valence-electron chi connectivity index (χ1n) is 15.7. The van der Waals surface area contributed by atoms with E-state index >= 15 is 0 Å². The molecule has 7 aromatic carbocycles. The van der Waals surface area contributed by atoms with Gasteiger partial charge in [0.25, 0.3) is 0 Å². The molecule has 2 heterocycles. The van der Waals surface area contributed by atoms with Crippen molar-refractivity contribution in [2.45, 2.75) is 0 Å². The SMILES string of the molecule is c1ccc(-c2nc(-c3ccccc3)nc(-c3c(-c4ccc(-c5cccc6ccccc56)cc4)ccc4oc5ccccc5c34)n2)cc1. The van der Waals surface area contributed by atoms with E-state index in [1.54, 1.807) is 0 Å². The number of rotatable bonds is 5. The summed E-state index contributed by atoms with van der Waals surface area (Å²) in [5.74, 6) is 1.84. The van der Waals surface area contributed by atoms with Crippen molar-refractivity contribution in [3.63, 3.8) is 0 Å². The minimum Gasteiger partial charge on any atom is -0.456 e. The lowest BCUT2D eigenvalue weighted by Gasteiger charge is -2.14. The Balaban J connectivity index is 1.30. The molecule has 0 fully saturated rings. The van der Waals surface area contributed by atoms with E-state index in [0.717, 1.165) is 49.8 Å². The van der Waals surface area contributed by atoms with Gasteiger partial charge in [-0.1, -0.05) is 146 Å². The van der Waals surface area contributed by atoms with Crippen LogP contribution in [0.4, 0.5) is 0 Å². The van der Waals surface area contributed by atoms with E-state index in [0.29, 0.717) is 17.5 Å². The summed E-state index contributed by atoms with van der Waals surface area (Å²) in [6.45, 7) is 0. The van der Waals surface area contributed by atoms with Gasteiger partial charge >= 0.3 is 0 Å². The van der Waals surface area contributed by atoms with Gasteiger partial charge in [-0.15, -0.1) is 0 Å². The zero-order valence-corrected chi connectivity index (χ0v) is 25.3. The summed E-state index contributed by atoms with van der Waals surface area (Å²) < 4.78 is 6.38. The van der Waals surface area contributed by atoms with Crippen molar-refractivity contribution in [3.05, 3.63) is 164 Å². The van der Waals surface area contributed by atoms with Gasteiger partial charge in [0.05, 0.1) is 0 Å². The molecule has 0 bridgehead atoms. The molecule has 4 heteroatoms. The van der Waals surface area contributed by atoms with Crippen LogP contribution in [0.1, 0.15) is 0 Å². The number of aromatic nitrogens is 3. The van der Waals surface area contributed by atoms with Crippen LogP contribution in [-0.4, -0.2) is 15.0 Å². The molecule has 2 aromatic heterocycles. The fraction of sp³-hybridized carbons (Fsp3) is 0. The molecule has 47 heavy (non-hydrogen) atoms. The van der Waals surface area contributed by atoms with Gasteiger partial charge in [-0.05, 0) is 51.2 Å². The number of furan rings is 1. The number of benzene rings is 7. The standard InChI is InChI=1S/C43H27N3O/c1-3-13-31(14-4-1)41-44-42(32-15-5-2-6-16-32)46-43(45-41)40-35(26-27-38-39(40)36-19-9-10-21-37(36)47-38)30-24-22-29(23-25-30)34-20-11-17-28-12-7-8-18-33(28)34/h1-27H. The van der Waals surface area contributed by atoms with Gasteiger partial charge in [-0.2, -0.15) is 0 Å². The molecule has 9 rings (SSSR count). The maximum absolute atomic E-state index is 6.38. The second-order valence-electron chi connectivity index (χ2n) is 11.6. The Kier molecular flexibility index (Phi) is 6.43. The van der Waals surface area contributed by atoms with Crippen molar-refractivity contribution in [2.75, 3.05) is 0 Å². The molecule has 4 nitrogen and oxygen atoms in total. The van der Waals surface area contributed by atoms with E-state index in [1.165, 1.54) is 21.9 Å². The molecule has 0 saturated heterocycles. The molecule has 9 aromatic rings. The van der Waals surface area contributed by atoms with E-state index in [4.69, 9.17) is 19.4 Å². The lowest BCUT2D eigenvalue weighted by molar-refractivity contribution is 0.669. The lowest BCUT2D eigenvalue weighted by Crippen LogP contribution is -2.01. The van der Waals surface area contributed by atoms with Crippen LogP contribution in [-0.2, 0) is 0 Å². The average molecular weight is 602 g/mol. The van der Waals surface area contributed by atoms with Crippen molar-refractivity contribution < 1.29 is 4.42 Å². The molecule has 0 amide bonds. The number of hydrogen-bond donors (Lipinski definition) is 0. The first-order valence-corrected chi connectivity index (χ1v) is 15.7. The van der Waals surface area contributed by atoms with Gasteiger partial charge in [-0.3, -0.25) is 0 Å². The summed E-state index contributed by atoms with van der Waals surface area (Å²) in [6, 6.07) is 56.3. The molecule has 0 unspecified atom stereocenters. The van der Waals surface area contributed by atoms with Crippen LogP contribution in [0.25, 0.3) is 89.1 Å². The van der Waals surface area contributed by atoms with Gasteiger partial charge < -0.3 is 4.42 Å². The molecular formula is C43H27N3O. The molecule has 0 spiro atoms. The van der Waals surface area contributed by atoms with E-state index in [9.17, 15) is 0 Å². The van der Waals surface area contributed by atoms with Crippen LogP contribution in [0.5, 0.6) is 0 Å². The molecule has 0 saturated carbocycles. The minimum atomic E-state index is 0.600. The Morgan fingerprint density at radius 1 is 0.340 bits per heavy atom. The highest BCUT2D eigenvalue weighted by atomic mass is 16.3. The first kappa shape index (κ1) is 27.0. The van der Waals surface area contributed by atoms with Gasteiger partial charge in [0.15, 0.2) is 17.5 Å². The summed E-state index contributed by atoms with van der Waals surface area (Å²) in [5.41, 5.74) is 8.87. The largest absolute Gasteiger partial charge is 0.456 e. The zero-order valence-electron chi connectivity index (χ0n) is 25.3. The summed E-state index contributed by atoms with van der Waals surface area (Å²) in [7, 11) is 0. The van der Waals surface area contributed by atoms with Crippen LogP contribution in [0.3, 0.4) is 0 Å². The Morgan fingerprint density at radius 2 is 0.894 bits per heavy atom. The Bertz CT molecular complexity index is 2490. The normalized spacial score (nSPS) is 11.4. The van der Waals surface area contributed by atoms with Crippen LogP contribution in [0, 0.1) is 0 Å². The topological polar surface area (TPSA) is 51.8 Å². The molecule has 0 atom stereocenters. The predicted molar refractivity (Wildman–Crippen MR) is 192 cm³/mol. The maximum Gasteiger partial charge on any atom is 0.165 e. The second kappa shape index (κ2) is 11.2. The quantitative estimate of drug-likeness (QED) is 0.197. The number of fused-ring (bicyclic) bond motifs is 4. The van der Waals surface area contributed by atoms with Crippen molar-refractivity contribution >= 4 is 32.7 Å². The lowest BCUT2D eigenvalue weighted by atomic mass is 9.92. The molecule has 0 aliphatic rings. The average Bonchev–Trinajstić information content (AvgIpc) is 3.54. The fourth-order valence-corrected chi connectivity index (χ4v) is 6.52. The summed E-state index contributed by atoms with van der Waals surface area (Å²) in [4.78, 5) is 15.3. The fourth-order valence-electron chi connectivity index (χ4n) is 6.52. The Labute approximate surface area is 271 Å². The Hall–Kier alpha value is -6.39.